The van der Waals surface area contributed by atoms with E-state index in [1.54, 1.807) is 6.92 Å². The molecule has 1 heterocycles. The van der Waals surface area contributed by atoms with E-state index in [2.05, 4.69) is 5.16 Å². The number of nitrogens with zero attached hydrogens (tertiary/aromatic N) is 1. The Labute approximate surface area is 76.0 Å². The predicted octanol–water partition coefficient (Wildman–Crippen LogP) is 2.19. The van der Waals surface area contributed by atoms with Crippen LogP contribution in [0.5, 0.6) is 0 Å². The number of fused-ring (bicyclic) bond motifs is 1. The van der Waals surface area contributed by atoms with E-state index >= 15 is 0 Å². The highest BCUT2D eigenvalue weighted by Crippen LogP contribution is 2.22. The molecule has 1 aromatic heterocycles. The van der Waals surface area contributed by atoms with E-state index in [9.17, 15) is 5.11 Å². The van der Waals surface area contributed by atoms with Crippen LogP contribution >= 0.6 is 0 Å². The molecule has 0 aliphatic rings. The van der Waals surface area contributed by atoms with Crippen LogP contribution in [-0.4, -0.2) is 10.3 Å². The Morgan fingerprint density at radius 3 is 2.92 bits per heavy atom. The summed E-state index contributed by atoms with van der Waals surface area (Å²) < 4.78 is 5.05. The number of aromatic nitrogens is 1. The van der Waals surface area contributed by atoms with Gasteiger partial charge in [0.2, 0.25) is 0 Å². The minimum absolute atomic E-state index is 0.446. The van der Waals surface area contributed by atoms with Crippen LogP contribution in [-0.2, 0) is 0 Å². The highest BCUT2D eigenvalue weighted by Gasteiger charge is 2.06. The van der Waals surface area contributed by atoms with Crippen molar-refractivity contribution in [3.05, 3.63) is 29.5 Å². The van der Waals surface area contributed by atoms with E-state index in [1.165, 1.54) is 0 Å². The highest BCUT2D eigenvalue weighted by atomic mass is 16.5. The lowest BCUT2D eigenvalue weighted by atomic mass is 10.1. The Balaban J connectivity index is 2.66. The fraction of sp³-hybridized carbons (Fsp3) is 0.300. The second-order valence-corrected chi connectivity index (χ2v) is 3.20. The molecule has 1 N–H and O–H groups in total. The molecule has 13 heavy (non-hydrogen) atoms. The van der Waals surface area contributed by atoms with Crippen LogP contribution in [0.3, 0.4) is 0 Å². The summed E-state index contributed by atoms with van der Waals surface area (Å²) >= 11 is 0. The summed E-state index contributed by atoms with van der Waals surface area (Å²) in [5, 5.41) is 14.2. The molecule has 0 amide bonds. The first kappa shape index (κ1) is 8.26. The molecule has 0 saturated carbocycles. The Morgan fingerprint density at radius 1 is 1.46 bits per heavy atom. The summed E-state index contributed by atoms with van der Waals surface area (Å²) in [6, 6.07) is 5.58. The van der Waals surface area contributed by atoms with Gasteiger partial charge in [0.05, 0.1) is 11.8 Å². The summed E-state index contributed by atoms with van der Waals surface area (Å²) in [5.41, 5.74) is 2.51. The van der Waals surface area contributed by atoms with E-state index in [1.807, 2.05) is 25.1 Å². The van der Waals surface area contributed by atoms with E-state index < -0.39 is 6.10 Å². The van der Waals surface area contributed by atoms with E-state index in [0.29, 0.717) is 0 Å². The van der Waals surface area contributed by atoms with Crippen molar-refractivity contribution in [3.8, 4) is 0 Å². The molecule has 1 aromatic carbocycles. The topological polar surface area (TPSA) is 46.3 Å². The Morgan fingerprint density at radius 2 is 2.23 bits per heavy atom. The van der Waals surface area contributed by atoms with Crippen LogP contribution < -0.4 is 0 Å². The maximum atomic E-state index is 9.36. The molecule has 1 unspecified atom stereocenters. The lowest BCUT2D eigenvalue weighted by molar-refractivity contribution is 0.199. The van der Waals surface area contributed by atoms with Gasteiger partial charge in [0.15, 0.2) is 5.58 Å². The number of hydrogen-bond donors (Lipinski definition) is 1. The van der Waals surface area contributed by atoms with Crippen molar-refractivity contribution in [3.63, 3.8) is 0 Å². The molecule has 0 radical (unpaired) electrons. The van der Waals surface area contributed by atoms with Crippen molar-refractivity contribution >= 4 is 11.0 Å². The fourth-order valence-electron chi connectivity index (χ4n) is 1.34. The second-order valence-electron chi connectivity index (χ2n) is 3.20. The van der Waals surface area contributed by atoms with Gasteiger partial charge in [-0.15, -0.1) is 0 Å². The van der Waals surface area contributed by atoms with Gasteiger partial charge in [-0.2, -0.15) is 0 Å². The lowest BCUT2D eigenvalue weighted by Gasteiger charge is -2.02. The van der Waals surface area contributed by atoms with Crippen LogP contribution in [0.1, 0.15) is 24.3 Å². The van der Waals surface area contributed by atoms with Crippen molar-refractivity contribution in [1.29, 1.82) is 0 Å². The van der Waals surface area contributed by atoms with Crippen molar-refractivity contribution in [2.75, 3.05) is 0 Å². The summed E-state index contributed by atoms with van der Waals surface area (Å²) in [4.78, 5) is 0. The van der Waals surface area contributed by atoms with Gasteiger partial charge in [0, 0.05) is 5.39 Å². The van der Waals surface area contributed by atoms with E-state index in [-0.39, 0.29) is 0 Å². The predicted molar refractivity (Wildman–Crippen MR) is 49.4 cm³/mol. The monoisotopic (exact) mass is 177 g/mol. The third-order valence-corrected chi connectivity index (χ3v) is 2.16. The van der Waals surface area contributed by atoms with Gasteiger partial charge in [-0.25, -0.2) is 0 Å². The molecule has 2 aromatic rings. The first-order valence-corrected chi connectivity index (χ1v) is 4.22. The summed E-state index contributed by atoms with van der Waals surface area (Å²) in [7, 11) is 0. The molecule has 0 bridgehead atoms. The van der Waals surface area contributed by atoms with Crippen molar-refractivity contribution in [2.24, 2.45) is 0 Å². The number of aliphatic hydroxyl groups excluding tert-OH is 1. The fourth-order valence-corrected chi connectivity index (χ4v) is 1.34. The normalized spacial score (nSPS) is 13.5. The smallest absolute Gasteiger partial charge is 0.167 e. The summed E-state index contributed by atoms with van der Waals surface area (Å²) in [6.45, 7) is 3.63. The molecule has 1 atom stereocenters. The number of rotatable bonds is 1. The second kappa shape index (κ2) is 2.85. The number of aliphatic hydroxyl groups is 1. The molecule has 0 spiro atoms. The molecule has 3 heteroatoms. The van der Waals surface area contributed by atoms with Crippen molar-refractivity contribution in [1.82, 2.24) is 5.16 Å². The molecule has 0 aliphatic carbocycles. The molecule has 0 saturated heterocycles. The average molecular weight is 177 g/mol. The number of hydrogen-bond acceptors (Lipinski definition) is 3. The van der Waals surface area contributed by atoms with Crippen molar-refractivity contribution < 1.29 is 9.63 Å². The molecular formula is C10H11NO2. The first-order valence-electron chi connectivity index (χ1n) is 4.22. The first-order chi connectivity index (χ1) is 6.18. The molecule has 3 nitrogen and oxygen atoms in total. The van der Waals surface area contributed by atoms with Crippen LogP contribution in [0.25, 0.3) is 11.0 Å². The number of benzene rings is 1. The van der Waals surface area contributed by atoms with Crippen LogP contribution in [0, 0.1) is 6.92 Å². The Bertz CT molecular complexity index is 431. The van der Waals surface area contributed by atoms with E-state index in [4.69, 9.17) is 4.52 Å². The Hall–Kier alpha value is -1.35. The molecule has 68 valence electrons. The van der Waals surface area contributed by atoms with Gasteiger partial charge in [-0.05, 0) is 31.5 Å². The highest BCUT2D eigenvalue weighted by molar-refractivity contribution is 5.79. The standard InChI is InChI=1S/C10H11NO2/c1-6-9-5-8(7(2)12)3-4-10(9)13-11-6/h3-5,7,12H,1-2H3. The van der Waals surface area contributed by atoms with Crippen molar-refractivity contribution in [2.45, 2.75) is 20.0 Å². The zero-order chi connectivity index (χ0) is 9.42. The zero-order valence-corrected chi connectivity index (χ0v) is 7.61. The minimum Gasteiger partial charge on any atom is -0.389 e. The van der Waals surface area contributed by atoms with Gasteiger partial charge in [-0.1, -0.05) is 11.2 Å². The molecule has 2 rings (SSSR count). The molecule has 0 aliphatic heterocycles. The van der Waals surface area contributed by atoms with Gasteiger partial charge in [0.25, 0.3) is 0 Å². The third-order valence-electron chi connectivity index (χ3n) is 2.16. The van der Waals surface area contributed by atoms with Gasteiger partial charge in [0.1, 0.15) is 0 Å². The minimum atomic E-state index is -0.446. The SMILES string of the molecule is Cc1noc2ccc(C(C)O)cc12. The van der Waals surface area contributed by atoms with Gasteiger partial charge >= 0.3 is 0 Å². The van der Waals surface area contributed by atoms with Gasteiger partial charge in [-0.3, -0.25) is 0 Å². The Kier molecular flexibility index (Phi) is 1.81. The number of aryl methyl sites for hydroxylation is 1. The summed E-state index contributed by atoms with van der Waals surface area (Å²) in [6.07, 6.45) is -0.446. The quantitative estimate of drug-likeness (QED) is 0.726. The summed E-state index contributed by atoms with van der Waals surface area (Å²) in [5.74, 6) is 0. The third kappa shape index (κ3) is 1.31. The molecule has 0 fully saturated rings. The molecular weight excluding hydrogens is 166 g/mol. The zero-order valence-electron chi connectivity index (χ0n) is 7.61. The van der Waals surface area contributed by atoms with Gasteiger partial charge < -0.3 is 9.63 Å². The maximum absolute atomic E-state index is 9.36. The van der Waals surface area contributed by atoms with Crippen LogP contribution in [0.4, 0.5) is 0 Å². The average Bonchev–Trinajstić information content (AvgIpc) is 2.47. The van der Waals surface area contributed by atoms with Crippen LogP contribution in [0.15, 0.2) is 22.7 Å². The largest absolute Gasteiger partial charge is 0.389 e. The maximum Gasteiger partial charge on any atom is 0.167 e. The van der Waals surface area contributed by atoms with Crippen LogP contribution in [0.2, 0.25) is 0 Å². The van der Waals surface area contributed by atoms with E-state index in [0.717, 1.165) is 22.2 Å². The lowest BCUT2D eigenvalue weighted by Crippen LogP contribution is -1.89.